The van der Waals surface area contributed by atoms with Crippen LogP contribution in [0.4, 0.5) is 0 Å². The molecule has 0 aliphatic carbocycles. The second-order valence-corrected chi connectivity index (χ2v) is 10.7. The first kappa shape index (κ1) is 24.0. The second-order valence-electron chi connectivity index (χ2n) is 7.53. The maximum Gasteiger partial charge on any atom is 0.242 e. The smallest absolute Gasteiger partial charge is 0.242 e. The average molecular weight is 525 g/mol. The van der Waals surface area contributed by atoms with Crippen molar-refractivity contribution in [1.29, 1.82) is 0 Å². The number of piperazine rings is 1. The number of benzene rings is 2. The lowest BCUT2D eigenvalue weighted by Crippen LogP contribution is -2.43. The Labute approximate surface area is 198 Å². The molecule has 31 heavy (non-hydrogen) atoms. The van der Waals surface area contributed by atoms with Crippen molar-refractivity contribution in [2.75, 3.05) is 39.0 Å². The van der Waals surface area contributed by atoms with Crippen molar-refractivity contribution in [2.45, 2.75) is 6.54 Å². The molecule has 1 saturated heterocycles. The van der Waals surface area contributed by atoms with E-state index in [9.17, 15) is 8.42 Å². The van der Waals surface area contributed by atoms with E-state index in [0.717, 1.165) is 58.7 Å². The van der Waals surface area contributed by atoms with E-state index in [1.54, 1.807) is 6.20 Å². The highest BCUT2D eigenvalue weighted by molar-refractivity contribution is 9.10. The number of fused-ring (bicyclic) bond motifs is 1. The minimum atomic E-state index is -3.42. The number of nitrogens with zero attached hydrogens (tertiary/aromatic N) is 3. The highest BCUT2D eigenvalue weighted by Crippen LogP contribution is 2.31. The molecule has 0 unspecified atom stereocenters. The first-order valence-electron chi connectivity index (χ1n) is 10.1. The Morgan fingerprint density at radius 1 is 1.06 bits per heavy atom. The van der Waals surface area contributed by atoms with E-state index < -0.39 is 10.0 Å². The predicted octanol–water partition coefficient (Wildman–Crippen LogP) is 4.86. The average Bonchev–Trinajstić information content (AvgIpc) is 3.09. The van der Waals surface area contributed by atoms with Crippen LogP contribution in [-0.2, 0) is 16.6 Å². The van der Waals surface area contributed by atoms with E-state index in [1.807, 2.05) is 42.5 Å². The molecule has 0 bridgehead atoms. The lowest BCUT2D eigenvalue weighted by Gasteiger charge is -2.32. The van der Waals surface area contributed by atoms with Gasteiger partial charge in [-0.25, -0.2) is 12.4 Å². The van der Waals surface area contributed by atoms with Crippen molar-refractivity contribution < 1.29 is 8.42 Å². The van der Waals surface area contributed by atoms with Crippen LogP contribution in [0.3, 0.4) is 0 Å². The third kappa shape index (κ3) is 6.20. The van der Waals surface area contributed by atoms with Gasteiger partial charge in [-0.2, -0.15) is 0 Å². The Hall–Kier alpha value is -1.64. The molecule has 0 spiro atoms. The fourth-order valence-corrected chi connectivity index (χ4v) is 5.66. The van der Waals surface area contributed by atoms with Gasteiger partial charge in [0.1, 0.15) is 0 Å². The summed E-state index contributed by atoms with van der Waals surface area (Å²) in [6.45, 7) is 8.55. The third-order valence-corrected chi connectivity index (χ3v) is 7.60. The maximum atomic E-state index is 12.5. The largest absolute Gasteiger partial charge is 0.304 e. The van der Waals surface area contributed by atoms with Gasteiger partial charge in [0, 0.05) is 53.8 Å². The molecule has 5 nitrogen and oxygen atoms in total. The van der Waals surface area contributed by atoms with Gasteiger partial charge in [0.05, 0.1) is 11.3 Å². The molecule has 1 aromatic heterocycles. The van der Waals surface area contributed by atoms with Crippen LogP contribution in [0.1, 0.15) is 5.56 Å². The minimum absolute atomic E-state index is 0.0775. The number of rotatable bonds is 5. The lowest BCUT2D eigenvalue weighted by molar-refractivity contribution is 0.148. The van der Waals surface area contributed by atoms with Crippen LogP contribution in [-0.4, -0.2) is 61.2 Å². The molecule has 0 N–H and O–H groups in total. The Morgan fingerprint density at radius 3 is 2.32 bits per heavy atom. The Morgan fingerprint density at radius 2 is 1.74 bits per heavy atom. The standard InChI is InChI=1S/C17H22BrN3O2S.C6H5Cl/c1-3-11-24(22,23)21-13-15(18)17-14(5-4-6-16(17)21)12-20-9-7-19(2)8-10-20;7-6-4-2-1-3-5-6/h3-6,13H,1,7-12H2,2H3;1-5H. The van der Waals surface area contributed by atoms with Gasteiger partial charge < -0.3 is 4.90 Å². The number of likely N-dealkylation sites (N-methyl/N-ethyl adjacent to an activating group) is 1. The molecule has 1 aliphatic heterocycles. The summed E-state index contributed by atoms with van der Waals surface area (Å²) >= 11 is 9.09. The number of hydrogen-bond donors (Lipinski definition) is 0. The van der Waals surface area contributed by atoms with Gasteiger partial charge in [0.15, 0.2) is 0 Å². The Kier molecular flexibility index (Phi) is 8.36. The molecule has 0 radical (unpaired) electrons. The molecule has 1 aliphatic rings. The van der Waals surface area contributed by atoms with Gasteiger partial charge in [0.2, 0.25) is 10.0 Å². The maximum absolute atomic E-state index is 12.5. The Balaban J connectivity index is 0.000000330. The molecule has 2 heterocycles. The van der Waals surface area contributed by atoms with E-state index in [2.05, 4.69) is 45.4 Å². The van der Waals surface area contributed by atoms with Crippen molar-refractivity contribution in [3.8, 4) is 0 Å². The number of hydrogen-bond acceptors (Lipinski definition) is 4. The summed E-state index contributed by atoms with van der Waals surface area (Å²) in [5.74, 6) is -0.0775. The van der Waals surface area contributed by atoms with E-state index in [1.165, 1.54) is 10.0 Å². The van der Waals surface area contributed by atoms with Crippen molar-refractivity contribution in [3.05, 3.63) is 82.4 Å². The molecule has 1 fully saturated rings. The van der Waals surface area contributed by atoms with Gasteiger partial charge >= 0.3 is 0 Å². The second kappa shape index (κ2) is 10.8. The molecular formula is C23H27BrClN3O2S. The van der Waals surface area contributed by atoms with Gasteiger partial charge in [-0.1, -0.05) is 48.0 Å². The highest BCUT2D eigenvalue weighted by Gasteiger charge is 2.20. The molecular weight excluding hydrogens is 498 g/mol. The molecule has 4 rings (SSSR count). The summed E-state index contributed by atoms with van der Waals surface area (Å²) in [5, 5.41) is 1.77. The molecule has 2 aromatic carbocycles. The zero-order valence-corrected chi connectivity index (χ0v) is 20.7. The zero-order valence-electron chi connectivity index (χ0n) is 17.5. The fourth-order valence-electron chi connectivity index (χ4n) is 3.54. The fraction of sp³-hybridized carbons (Fsp3) is 0.304. The molecule has 166 valence electrons. The first-order chi connectivity index (χ1) is 14.8. The molecule has 0 amide bonds. The summed E-state index contributed by atoms with van der Waals surface area (Å²) in [6, 6.07) is 15.3. The van der Waals surface area contributed by atoms with Gasteiger partial charge in [-0.3, -0.25) is 4.90 Å². The minimum Gasteiger partial charge on any atom is -0.304 e. The van der Waals surface area contributed by atoms with Gasteiger partial charge in [-0.15, -0.1) is 6.58 Å². The van der Waals surface area contributed by atoms with Crippen LogP contribution in [0.15, 0.2) is 71.9 Å². The van der Waals surface area contributed by atoms with E-state index in [0.29, 0.717) is 0 Å². The first-order valence-corrected chi connectivity index (χ1v) is 12.8. The van der Waals surface area contributed by atoms with Crippen LogP contribution in [0.5, 0.6) is 0 Å². The van der Waals surface area contributed by atoms with E-state index >= 15 is 0 Å². The van der Waals surface area contributed by atoms with Crippen LogP contribution >= 0.6 is 27.5 Å². The van der Waals surface area contributed by atoms with Crippen LogP contribution in [0, 0.1) is 0 Å². The summed E-state index contributed by atoms with van der Waals surface area (Å²) in [6.07, 6.45) is 3.07. The van der Waals surface area contributed by atoms with Crippen molar-refractivity contribution in [1.82, 2.24) is 13.8 Å². The monoisotopic (exact) mass is 523 g/mol. The molecule has 3 aromatic rings. The van der Waals surface area contributed by atoms with Crippen LogP contribution < -0.4 is 0 Å². The van der Waals surface area contributed by atoms with E-state index in [4.69, 9.17) is 11.6 Å². The highest BCUT2D eigenvalue weighted by atomic mass is 79.9. The Bertz CT molecular complexity index is 1120. The van der Waals surface area contributed by atoms with Crippen molar-refractivity contribution in [2.24, 2.45) is 0 Å². The summed E-state index contributed by atoms with van der Waals surface area (Å²) in [5.41, 5.74) is 1.87. The zero-order chi connectivity index (χ0) is 22.4. The van der Waals surface area contributed by atoms with Crippen molar-refractivity contribution in [3.63, 3.8) is 0 Å². The summed E-state index contributed by atoms with van der Waals surface area (Å²) < 4.78 is 27.1. The normalized spacial score (nSPS) is 15.5. The van der Waals surface area contributed by atoms with E-state index in [-0.39, 0.29) is 5.75 Å². The summed E-state index contributed by atoms with van der Waals surface area (Å²) in [4.78, 5) is 4.74. The number of aromatic nitrogens is 1. The van der Waals surface area contributed by atoms with Crippen molar-refractivity contribution >= 4 is 48.5 Å². The molecule has 0 saturated carbocycles. The molecule has 8 heteroatoms. The van der Waals surface area contributed by atoms with Crippen LogP contribution in [0.2, 0.25) is 5.02 Å². The quantitative estimate of drug-likeness (QED) is 0.448. The lowest BCUT2D eigenvalue weighted by atomic mass is 10.1. The third-order valence-electron chi connectivity index (χ3n) is 5.19. The molecule has 0 atom stereocenters. The van der Waals surface area contributed by atoms with Gasteiger partial charge in [0.25, 0.3) is 0 Å². The predicted molar refractivity (Wildman–Crippen MR) is 133 cm³/mol. The number of halogens is 2. The van der Waals surface area contributed by atoms with Crippen LogP contribution in [0.25, 0.3) is 10.9 Å². The SMILES string of the molecule is C=CCS(=O)(=O)n1cc(Br)c2c(CN3CCN(C)CC3)cccc21.Clc1ccccc1. The summed E-state index contributed by atoms with van der Waals surface area (Å²) in [7, 11) is -1.29. The topological polar surface area (TPSA) is 45.6 Å². The van der Waals surface area contributed by atoms with Gasteiger partial charge in [-0.05, 0) is 46.7 Å².